The first-order valence-corrected chi connectivity index (χ1v) is 5.78. The highest BCUT2D eigenvalue weighted by atomic mass is 32.2. The first-order valence-electron chi connectivity index (χ1n) is 4.06. The molecule has 0 radical (unpaired) electrons. The Kier molecular flexibility index (Phi) is 7.11. The van der Waals surface area contributed by atoms with E-state index < -0.39 is 9.84 Å². The van der Waals surface area contributed by atoms with Crippen molar-refractivity contribution in [3.05, 3.63) is 12.0 Å². The summed E-state index contributed by atoms with van der Waals surface area (Å²) in [5, 5.41) is 0.922. The Morgan fingerprint density at radius 3 is 2.50 bits per heavy atom. The summed E-state index contributed by atoms with van der Waals surface area (Å²) in [4.78, 5) is 0. The van der Waals surface area contributed by atoms with Crippen LogP contribution in [0.2, 0.25) is 0 Å². The van der Waals surface area contributed by atoms with Crippen LogP contribution in [0.3, 0.4) is 0 Å². The molecule has 0 spiro atoms. The summed E-state index contributed by atoms with van der Waals surface area (Å²) in [6.45, 7) is 4.29. The quantitative estimate of drug-likeness (QED) is 0.432. The Balaban J connectivity index is 3.31. The Hall–Kier alpha value is -0.830. The highest BCUT2D eigenvalue weighted by Gasteiger charge is 2.03. The lowest BCUT2D eigenvalue weighted by molar-refractivity contribution is 0.0670. The number of ether oxygens (including phenoxy) is 2. The molecule has 0 saturated heterocycles. The molecule has 0 aromatic carbocycles. The molecule has 0 fully saturated rings. The molecule has 80 valence electrons. The lowest BCUT2D eigenvalue weighted by Gasteiger charge is -2.02. The van der Waals surface area contributed by atoms with E-state index in [1.165, 1.54) is 0 Å². The number of rotatable bonds is 8. The van der Waals surface area contributed by atoms with Crippen molar-refractivity contribution in [1.29, 1.82) is 0 Å². The van der Waals surface area contributed by atoms with Crippen LogP contribution in [0, 0.1) is 12.3 Å². The third kappa shape index (κ3) is 7.80. The van der Waals surface area contributed by atoms with Crippen molar-refractivity contribution in [3.63, 3.8) is 0 Å². The molecule has 0 heterocycles. The summed E-state index contributed by atoms with van der Waals surface area (Å²) >= 11 is 0. The van der Waals surface area contributed by atoms with Gasteiger partial charge in [-0.1, -0.05) is 12.5 Å². The zero-order valence-electron chi connectivity index (χ0n) is 7.94. The van der Waals surface area contributed by atoms with Gasteiger partial charge in [0.1, 0.15) is 6.61 Å². The summed E-state index contributed by atoms with van der Waals surface area (Å²) in [6.07, 6.45) is 4.94. The van der Waals surface area contributed by atoms with Crippen molar-refractivity contribution in [2.45, 2.75) is 0 Å². The van der Waals surface area contributed by atoms with Gasteiger partial charge in [-0.25, -0.2) is 8.42 Å². The van der Waals surface area contributed by atoms with Crippen molar-refractivity contribution < 1.29 is 17.9 Å². The molecule has 0 aromatic rings. The van der Waals surface area contributed by atoms with Crippen LogP contribution in [0.4, 0.5) is 0 Å². The first-order chi connectivity index (χ1) is 6.62. The lowest BCUT2D eigenvalue weighted by Crippen LogP contribution is -2.12. The smallest absolute Gasteiger partial charge is 0.173 e. The van der Waals surface area contributed by atoms with Crippen molar-refractivity contribution in [3.8, 4) is 12.3 Å². The monoisotopic (exact) mass is 218 g/mol. The van der Waals surface area contributed by atoms with Gasteiger partial charge >= 0.3 is 0 Å². The molecule has 0 aromatic heterocycles. The minimum atomic E-state index is -3.15. The second-order valence-electron chi connectivity index (χ2n) is 2.40. The summed E-state index contributed by atoms with van der Waals surface area (Å²) in [5.74, 6) is 2.26. The highest BCUT2D eigenvalue weighted by Crippen LogP contribution is 1.90. The van der Waals surface area contributed by atoms with E-state index in [1.807, 2.05) is 0 Å². The number of terminal acetylenes is 1. The molecule has 0 saturated carbocycles. The molecule has 14 heavy (non-hydrogen) atoms. The molecule has 0 atom stereocenters. The maximum absolute atomic E-state index is 10.9. The first kappa shape index (κ1) is 13.2. The largest absolute Gasteiger partial charge is 0.378 e. The third-order valence-corrected chi connectivity index (χ3v) is 2.57. The van der Waals surface area contributed by atoms with Gasteiger partial charge in [0.15, 0.2) is 9.84 Å². The zero-order valence-corrected chi connectivity index (χ0v) is 8.76. The fourth-order valence-corrected chi connectivity index (χ4v) is 1.13. The summed E-state index contributed by atoms with van der Waals surface area (Å²) < 4.78 is 31.7. The lowest BCUT2D eigenvalue weighted by atomic mass is 10.7. The number of sulfone groups is 1. The van der Waals surface area contributed by atoms with Crippen molar-refractivity contribution in [2.24, 2.45) is 0 Å². The Morgan fingerprint density at radius 2 is 1.93 bits per heavy atom. The van der Waals surface area contributed by atoms with Crippen molar-refractivity contribution in [1.82, 2.24) is 0 Å². The average molecular weight is 218 g/mol. The van der Waals surface area contributed by atoms with Gasteiger partial charge in [-0.3, -0.25) is 0 Å². The van der Waals surface area contributed by atoms with E-state index in [0.29, 0.717) is 13.2 Å². The second-order valence-corrected chi connectivity index (χ2v) is 4.47. The topological polar surface area (TPSA) is 52.6 Å². The van der Waals surface area contributed by atoms with Gasteiger partial charge in [0.2, 0.25) is 0 Å². The van der Waals surface area contributed by atoms with Crippen LogP contribution in [0.15, 0.2) is 12.0 Å². The molecule has 0 amide bonds. The maximum Gasteiger partial charge on any atom is 0.173 e. The van der Waals surface area contributed by atoms with Crippen LogP contribution < -0.4 is 0 Å². The summed E-state index contributed by atoms with van der Waals surface area (Å²) in [6, 6.07) is 0. The Bertz CT molecular complexity index is 286. The maximum atomic E-state index is 10.9. The Labute approximate surface area is 84.8 Å². The van der Waals surface area contributed by atoms with Crippen LogP contribution in [-0.4, -0.2) is 40.6 Å². The van der Waals surface area contributed by atoms with E-state index in [0.717, 1.165) is 5.41 Å². The molecule has 0 aliphatic heterocycles. The van der Waals surface area contributed by atoms with Gasteiger partial charge < -0.3 is 9.47 Å². The van der Waals surface area contributed by atoms with Crippen LogP contribution >= 0.6 is 0 Å². The van der Waals surface area contributed by atoms with E-state index >= 15 is 0 Å². The molecule has 0 aliphatic carbocycles. The van der Waals surface area contributed by atoms with E-state index in [4.69, 9.17) is 15.9 Å². The van der Waals surface area contributed by atoms with Gasteiger partial charge in [-0.15, -0.1) is 6.42 Å². The van der Waals surface area contributed by atoms with Gasteiger partial charge in [-0.05, 0) is 0 Å². The van der Waals surface area contributed by atoms with Gasteiger partial charge in [0, 0.05) is 5.41 Å². The fourth-order valence-electron chi connectivity index (χ4n) is 0.609. The van der Waals surface area contributed by atoms with Crippen LogP contribution in [0.5, 0.6) is 0 Å². The Morgan fingerprint density at radius 1 is 1.29 bits per heavy atom. The molecule has 0 aliphatic rings. The van der Waals surface area contributed by atoms with Crippen molar-refractivity contribution >= 4 is 9.84 Å². The molecular formula is C9H14O4S. The standard InChI is InChI=1S/C9H14O4S/c1-3-5-12-6-7-13-8-9-14(10,11)4-2/h1,4H,2,5-9H2. The normalized spacial score (nSPS) is 10.8. The number of hydrogen-bond acceptors (Lipinski definition) is 4. The van der Waals surface area contributed by atoms with Crippen molar-refractivity contribution in [2.75, 3.05) is 32.2 Å². The number of hydrogen-bond donors (Lipinski definition) is 0. The van der Waals surface area contributed by atoms with E-state index in [9.17, 15) is 8.42 Å². The van der Waals surface area contributed by atoms with E-state index in [1.54, 1.807) is 0 Å². The van der Waals surface area contributed by atoms with E-state index in [-0.39, 0.29) is 19.0 Å². The van der Waals surface area contributed by atoms with E-state index in [2.05, 4.69) is 12.5 Å². The molecule has 0 bridgehead atoms. The predicted octanol–water partition coefficient (Wildman–Crippen LogP) is 0.211. The fraction of sp³-hybridized carbons (Fsp3) is 0.556. The summed E-state index contributed by atoms with van der Waals surface area (Å²) in [7, 11) is -3.15. The molecular weight excluding hydrogens is 204 g/mol. The zero-order chi connectivity index (χ0) is 10.9. The van der Waals surface area contributed by atoms with Crippen LogP contribution in [-0.2, 0) is 19.3 Å². The molecule has 0 unspecified atom stereocenters. The average Bonchev–Trinajstić information content (AvgIpc) is 2.16. The van der Waals surface area contributed by atoms with Gasteiger partial charge in [0.25, 0.3) is 0 Å². The molecule has 0 N–H and O–H groups in total. The summed E-state index contributed by atoms with van der Waals surface area (Å²) in [5.41, 5.74) is 0. The van der Waals surface area contributed by atoms with Gasteiger partial charge in [-0.2, -0.15) is 0 Å². The minimum absolute atomic E-state index is 0.0500. The van der Waals surface area contributed by atoms with Crippen LogP contribution in [0.1, 0.15) is 0 Å². The van der Waals surface area contributed by atoms with Crippen LogP contribution in [0.25, 0.3) is 0 Å². The molecule has 0 rings (SSSR count). The second kappa shape index (κ2) is 7.56. The minimum Gasteiger partial charge on any atom is -0.378 e. The molecule has 5 heteroatoms. The highest BCUT2D eigenvalue weighted by molar-refractivity contribution is 7.94. The third-order valence-electron chi connectivity index (χ3n) is 1.32. The predicted molar refractivity (Wildman–Crippen MR) is 54.5 cm³/mol. The van der Waals surface area contributed by atoms with Gasteiger partial charge in [0.05, 0.1) is 25.6 Å². The SMILES string of the molecule is C#CCOCCOCCS(=O)(=O)C=C. The molecule has 4 nitrogen and oxygen atoms in total.